The van der Waals surface area contributed by atoms with Gasteiger partial charge in [-0.2, -0.15) is 0 Å². The molecule has 1 unspecified atom stereocenters. The first kappa shape index (κ1) is 26.0. The summed E-state index contributed by atoms with van der Waals surface area (Å²) < 4.78 is 1.54. The van der Waals surface area contributed by atoms with E-state index in [0.717, 1.165) is 16.8 Å². The minimum atomic E-state index is -0.874. The maximum Gasteiger partial charge on any atom is 0.249 e. The molecule has 0 saturated heterocycles. The third-order valence-electron chi connectivity index (χ3n) is 5.78. The number of rotatable bonds is 10. The lowest BCUT2D eigenvalue weighted by atomic mass is 10.1. The van der Waals surface area contributed by atoms with Crippen LogP contribution in [-0.4, -0.2) is 39.3 Å². The molecule has 2 heterocycles. The van der Waals surface area contributed by atoms with Gasteiger partial charge in [0.2, 0.25) is 17.7 Å². The lowest BCUT2D eigenvalue weighted by molar-refractivity contribution is -0.126. The number of aromatic nitrogens is 3. The highest BCUT2D eigenvalue weighted by Gasteiger charge is 2.34. The molecule has 3 amide bonds. The first-order chi connectivity index (χ1) is 17.8. The third-order valence-corrected chi connectivity index (χ3v) is 6.70. The Morgan fingerprint density at radius 3 is 2.46 bits per heavy atom. The molecule has 9 nitrogen and oxygen atoms in total. The van der Waals surface area contributed by atoms with Crippen LogP contribution in [-0.2, 0) is 20.9 Å². The highest BCUT2D eigenvalue weighted by Crippen LogP contribution is 2.32. The summed E-state index contributed by atoms with van der Waals surface area (Å²) in [5.41, 5.74) is 2.54. The van der Waals surface area contributed by atoms with Crippen LogP contribution < -0.4 is 15.5 Å². The fourth-order valence-electron chi connectivity index (χ4n) is 3.99. The summed E-state index contributed by atoms with van der Waals surface area (Å²) in [7, 11) is 0. The lowest BCUT2D eigenvalue weighted by Gasteiger charge is -2.31. The number of thiophene rings is 1. The molecule has 2 N–H and O–H groups in total. The summed E-state index contributed by atoms with van der Waals surface area (Å²) in [6.07, 6.45) is 0.827. The van der Waals surface area contributed by atoms with E-state index in [0.29, 0.717) is 29.4 Å². The molecule has 4 rings (SSSR count). The van der Waals surface area contributed by atoms with E-state index in [1.54, 1.807) is 28.9 Å². The summed E-state index contributed by atoms with van der Waals surface area (Å²) in [6, 6.07) is 17.1. The molecule has 0 radical (unpaired) electrons. The second-order valence-electron chi connectivity index (χ2n) is 9.12. The largest absolute Gasteiger partial charge is 0.354 e. The van der Waals surface area contributed by atoms with Crippen LogP contribution in [0.4, 0.5) is 11.4 Å². The fraction of sp³-hybridized carbons (Fsp3) is 0.296. The van der Waals surface area contributed by atoms with E-state index >= 15 is 0 Å². The molecule has 4 aromatic rings. The van der Waals surface area contributed by atoms with Crippen molar-refractivity contribution >= 4 is 51.5 Å². The summed E-state index contributed by atoms with van der Waals surface area (Å²) >= 11 is 1.42. The van der Waals surface area contributed by atoms with Gasteiger partial charge in [0, 0.05) is 29.7 Å². The Balaban J connectivity index is 1.72. The maximum atomic E-state index is 13.9. The van der Waals surface area contributed by atoms with Crippen molar-refractivity contribution in [3.63, 3.8) is 0 Å². The predicted octanol–water partition coefficient (Wildman–Crippen LogP) is 4.39. The van der Waals surface area contributed by atoms with Crippen molar-refractivity contribution in [1.82, 2.24) is 20.3 Å². The number of hydrogen-bond donors (Lipinski definition) is 2. The van der Waals surface area contributed by atoms with Gasteiger partial charge < -0.3 is 10.6 Å². The minimum absolute atomic E-state index is 0.102. The molecule has 2 aromatic carbocycles. The van der Waals surface area contributed by atoms with Gasteiger partial charge >= 0.3 is 0 Å². The number of benzene rings is 2. The summed E-state index contributed by atoms with van der Waals surface area (Å²) in [5, 5.41) is 16.0. The molecule has 1 atom stereocenters. The van der Waals surface area contributed by atoms with Gasteiger partial charge in [0.1, 0.15) is 18.1 Å². The second-order valence-corrected chi connectivity index (χ2v) is 10.1. The van der Waals surface area contributed by atoms with Crippen molar-refractivity contribution < 1.29 is 14.4 Å². The smallest absolute Gasteiger partial charge is 0.249 e. The van der Waals surface area contributed by atoms with Crippen molar-refractivity contribution in [3.05, 3.63) is 70.9 Å². The first-order valence-corrected chi connectivity index (χ1v) is 13.0. The van der Waals surface area contributed by atoms with Gasteiger partial charge in [-0.05, 0) is 60.2 Å². The normalized spacial score (nSPS) is 11.9. The van der Waals surface area contributed by atoms with Crippen molar-refractivity contribution in [2.75, 3.05) is 16.8 Å². The molecule has 37 heavy (non-hydrogen) atoms. The van der Waals surface area contributed by atoms with E-state index in [2.05, 4.69) is 34.8 Å². The zero-order chi connectivity index (χ0) is 26.4. The number of carbonyl (C=O) groups excluding carboxylic acids is 3. The fourth-order valence-corrected chi connectivity index (χ4v) is 4.80. The Kier molecular flexibility index (Phi) is 8.29. The molecule has 0 saturated carbocycles. The number of nitrogens with one attached hydrogen (secondary N) is 2. The number of anilines is 2. The van der Waals surface area contributed by atoms with Crippen LogP contribution in [0.1, 0.15) is 38.1 Å². The molecular formula is C27H30N6O3S. The average Bonchev–Trinajstić information content (AvgIpc) is 3.53. The van der Waals surface area contributed by atoms with Crippen LogP contribution in [0.15, 0.2) is 66.0 Å². The number of carbonyl (C=O) groups is 3. The molecule has 0 spiro atoms. The Labute approximate surface area is 219 Å². The number of amides is 3. The second kappa shape index (κ2) is 11.8. The van der Waals surface area contributed by atoms with Crippen LogP contribution in [0.2, 0.25) is 0 Å². The van der Waals surface area contributed by atoms with Crippen LogP contribution in [0.3, 0.4) is 0 Å². The topological polar surface area (TPSA) is 109 Å². The molecule has 0 fully saturated rings. The first-order valence-electron chi connectivity index (χ1n) is 12.1. The van der Waals surface area contributed by atoms with Gasteiger partial charge in [0.05, 0.1) is 5.52 Å². The van der Waals surface area contributed by atoms with Crippen molar-refractivity contribution in [2.45, 2.75) is 39.8 Å². The molecular weight excluding hydrogens is 488 g/mol. The average molecular weight is 519 g/mol. The summed E-state index contributed by atoms with van der Waals surface area (Å²) in [5.74, 6) is -0.342. The van der Waals surface area contributed by atoms with Crippen molar-refractivity contribution in [1.29, 1.82) is 0 Å². The third kappa shape index (κ3) is 6.39. The SMILES string of the molecule is CC(=O)Nc1ccc(N(C(=O)Cn2nnc3ccccc32)C(C(=O)NCCC(C)C)c2cccs2)cc1. The Bertz CT molecular complexity index is 1360. The highest BCUT2D eigenvalue weighted by molar-refractivity contribution is 7.10. The minimum Gasteiger partial charge on any atom is -0.354 e. The Hall–Kier alpha value is -4.05. The van der Waals surface area contributed by atoms with E-state index in [1.807, 2.05) is 41.8 Å². The van der Waals surface area contributed by atoms with E-state index in [1.165, 1.54) is 23.2 Å². The van der Waals surface area contributed by atoms with Gasteiger partial charge in [-0.3, -0.25) is 19.3 Å². The maximum absolute atomic E-state index is 13.9. The predicted molar refractivity (Wildman–Crippen MR) is 145 cm³/mol. The Morgan fingerprint density at radius 2 is 1.78 bits per heavy atom. The van der Waals surface area contributed by atoms with E-state index < -0.39 is 6.04 Å². The monoisotopic (exact) mass is 518 g/mol. The van der Waals surface area contributed by atoms with Crippen molar-refractivity contribution in [2.24, 2.45) is 5.92 Å². The highest BCUT2D eigenvalue weighted by atomic mass is 32.1. The molecule has 0 aliphatic rings. The molecule has 0 aliphatic carbocycles. The van der Waals surface area contributed by atoms with Crippen molar-refractivity contribution in [3.8, 4) is 0 Å². The molecule has 0 aliphatic heterocycles. The standard InChI is InChI=1S/C27H30N6O3S/c1-18(2)14-15-28-27(36)26(24-9-6-16-37-24)33(21-12-10-20(11-13-21)29-19(3)34)25(35)17-32-23-8-5-4-7-22(23)30-31-32/h4-13,16,18,26H,14-15,17H2,1-3H3,(H,28,36)(H,29,34). The number of nitrogens with zero attached hydrogens (tertiary/aromatic N) is 4. The Morgan fingerprint density at radius 1 is 1.03 bits per heavy atom. The van der Waals surface area contributed by atoms with Crippen LogP contribution in [0.25, 0.3) is 11.0 Å². The summed E-state index contributed by atoms with van der Waals surface area (Å²) in [6.45, 7) is 6.03. The summed E-state index contributed by atoms with van der Waals surface area (Å²) in [4.78, 5) is 41.2. The molecule has 10 heteroatoms. The number of hydrogen-bond acceptors (Lipinski definition) is 6. The van der Waals surface area contributed by atoms with Gasteiger partial charge in [-0.15, -0.1) is 16.4 Å². The number of para-hydroxylation sites is 1. The molecule has 0 bridgehead atoms. The quantitative estimate of drug-likeness (QED) is 0.324. The van der Waals surface area contributed by atoms with Gasteiger partial charge in [0.25, 0.3) is 0 Å². The van der Waals surface area contributed by atoms with Gasteiger partial charge in [-0.25, -0.2) is 4.68 Å². The molecule has 192 valence electrons. The van der Waals surface area contributed by atoms with E-state index in [4.69, 9.17) is 0 Å². The molecule has 2 aromatic heterocycles. The number of fused-ring (bicyclic) bond motifs is 1. The zero-order valence-corrected chi connectivity index (χ0v) is 21.9. The zero-order valence-electron chi connectivity index (χ0n) is 21.0. The van der Waals surface area contributed by atoms with Gasteiger partial charge in [-0.1, -0.05) is 37.3 Å². The van der Waals surface area contributed by atoms with Crippen LogP contribution in [0, 0.1) is 5.92 Å². The van der Waals surface area contributed by atoms with Gasteiger partial charge in [0.15, 0.2) is 0 Å². The van der Waals surface area contributed by atoms with E-state index in [-0.39, 0.29) is 24.3 Å². The lowest BCUT2D eigenvalue weighted by Crippen LogP contribution is -2.45. The van der Waals surface area contributed by atoms with Crippen LogP contribution in [0.5, 0.6) is 0 Å². The van der Waals surface area contributed by atoms with Crippen LogP contribution >= 0.6 is 11.3 Å². The van der Waals surface area contributed by atoms with E-state index in [9.17, 15) is 14.4 Å².